The Morgan fingerprint density at radius 1 is 1.06 bits per heavy atom. The van der Waals surface area contributed by atoms with Gasteiger partial charge in [0.05, 0.1) is 11.2 Å². The van der Waals surface area contributed by atoms with Gasteiger partial charge in [-0.2, -0.15) is 0 Å². The fourth-order valence-corrected chi connectivity index (χ4v) is 1.90. The van der Waals surface area contributed by atoms with Crippen LogP contribution >= 0.6 is 0 Å². The Morgan fingerprint density at radius 3 is 2.50 bits per heavy atom. The van der Waals surface area contributed by atoms with Crippen LogP contribution in [0.3, 0.4) is 0 Å². The highest BCUT2D eigenvalue weighted by molar-refractivity contribution is 5.94. The van der Waals surface area contributed by atoms with Gasteiger partial charge in [0.15, 0.2) is 5.78 Å². The van der Waals surface area contributed by atoms with Gasteiger partial charge in [0.2, 0.25) is 0 Å². The molecule has 0 radical (unpaired) electrons. The minimum atomic E-state index is 0.0602. The Kier molecular flexibility index (Phi) is 2.41. The zero-order valence-electron chi connectivity index (χ0n) is 9.87. The molecule has 88 valence electrons. The number of para-hydroxylation sites is 1. The van der Waals surface area contributed by atoms with Crippen molar-refractivity contribution >= 4 is 16.8 Å². The second-order valence-electron chi connectivity index (χ2n) is 4.09. The van der Waals surface area contributed by atoms with Crippen molar-refractivity contribution in [3.8, 4) is 5.69 Å². The van der Waals surface area contributed by atoms with Crippen molar-refractivity contribution in [2.24, 2.45) is 0 Å². The van der Waals surface area contributed by atoms with Gasteiger partial charge in [-0.1, -0.05) is 17.3 Å². The molecule has 4 heteroatoms. The van der Waals surface area contributed by atoms with Crippen molar-refractivity contribution in [1.82, 2.24) is 15.0 Å². The molecule has 18 heavy (non-hydrogen) atoms. The van der Waals surface area contributed by atoms with Gasteiger partial charge in [0.25, 0.3) is 0 Å². The number of hydrogen-bond donors (Lipinski definition) is 0. The van der Waals surface area contributed by atoms with Crippen LogP contribution in [0, 0.1) is 0 Å². The van der Waals surface area contributed by atoms with Crippen LogP contribution in [0.5, 0.6) is 0 Å². The van der Waals surface area contributed by atoms with Crippen LogP contribution in [0.2, 0.25) is 0 Å². The van der Waals surface area contributed by atoms with Gasteiger partial charge < -0.3 is 0 Å². The number of nitrogens with zero attached hydrogens (tertiary/aromatic N) is 3. The van der Waals surface area contributed by atoms with E-state index in [9.17, 15) is 4.79 Å². The number of hydrogen-bond acceptors (Lipinski definition) is 3. The Balaban J connectivity index is 2.12. The van der Waals surface area contributed by atoms with Gasteiger partial charge in [0.1, 0.15) is 5.52 Å². The molecule has 0 aliphatic carbocycles. The lowest BCUT2D eigenvalue weighted by Gasteiger charge is -2.02. The van der Waals surface area contributed by atoms with E-state index in [1.807, 2.05) is 36.4 Å². The van der Waals surface area contributed by atoms with Crippen molar-refractivity contribution in [2.75, 3.05) is 0 Å². The number of aromatic nitrogens is 3. The molecular weight excluding hydrogens is 226 g/mol. The molecule has 0 atom stereocenters. The predicted octanol–water partition coefficient (Wildman–Crippen LogP) is 2.62. The summed E-state index contributed by atoms with van der Waals surface area (Å²) in [4.78, 5) is 11.2. The number of benzene rings is 2. The number of ketones is 1. The Labute approximate surface area is 104 Å². The normalized spacial score (nSPS) is 10.7. The molecular formula is C14H11N3O. The lowest BCUT2D eigenvalue weighted by atomic mass is 10.1. The molecule has 0 saturated heterocycles. The smallest absolute Gasteiger partial charge is 0.159 e. The molecule has 0 aliphatic heterocycles. The first-order valence-electron chi connectivity index (χ1n) is 5.67. The molecule has 2 aromatic carbocycles. The Hall–Kier alpha value is -2.49. The zero-order chi connectivity index (χ0) is 12.5. The number of fused-ring (bicyclic) bond motifs is 1. The van der Waals surface area contributed by atoms with Crippen LogP contribution in [0.4, 0.5) is 0 Å². The summed E-state index contributed by atoms with van der Waals surface area (Å²) in [6.07, 6.45) is 0. The molecule has 0 unspecified atom stereocenters. The van der Waals surface area contributed by atoms with Gasteiger partial charge in [-0.3, -0.25) is 4.79 Å². The fourth-order valence-electron chi connectivity index (χ4n) is 1.90. The molecule has 0 spiro atoms. The predicted molar refractivity (Wildman–Crippen MR) is 68.9 cm³/mol. The van der Waals surface area contributed by atoms with E-state index in [1.165, 1.54) is 0 Å². The summed E-state index contributed by atoms with van der Waals surface area (Å²) in [5.41, 5.74) is 3.40. The van der Waals surface area contributed by atoms with Gasteiger partial charge in [-0.05, 0) is 43.3 Å². The molecule has 1 heterocycles. The minimum absolute atomic E-state index is 0.0602. The van der Waals surface area contributed by atoms with Crippen LogP contribution in [0.15, 0.2) is 48.5 Å². The van der Waals surface area contributed by atoms with Gasteiger partial charge >= 0.3 is 0 Å². The molecule has 3 rings (SSSR count). The average Bonchev–Trinajstić information content (AvgIpc) is 2.82. The maximum absolute atomic E-state index is 11.2. The first kappa shape index (κ1) is 10.7. The summed E-state index contributed by atoms with van der Waals surface area (Å²) in [7, 11) is 0. The van der Waals surface area contributed by atoms with E-state index in [2.05, 4.69) is 10.3 Å². The van der Waals surface area contributed by atoms with E-state index in [4.69, 9.17) is 0 Å². The van der Waals surface area contributed by atoms with E-state index in [1.54, 1.807) is 23.7 Å². The van der Waals surface area contributed by atoms with Crippen LogP contribution < -0.4 is 0 Å². The van der Waals surface area contributed by atoms with E-state index < -0.39 is 0 Å². The highest BCUT2D eigenvalue weighted by Crippen LogP contribution is 2.16. The van der Waals surface area contributed by atoms with E-state index in [0.29, 0.717) is 5.56 Å². The topological polar surface area (TPSA) is 47.8 Å². The molecule has 0 aliphatic rings. The highest BCUT2D eigenvalue weighted by Gasteiger charge is 2.06. The SMILES string of the molecule is CC(=O)c1ccc(-n2nnc3ccccc32)cc1. The molecule has 3 aromatic rings. The third-order valence-electron chi connectivity index (χ3n) is 2.87. The Bertz CT molecular complexity index is 713. The summed E-state index contributed by atoms with van der Waals surface area (Å²) < 4.78 is 1.76. The van der Waals surface area contributed by atoms with Crippen molar-refractivity contribution in [1.29, 1.82) is 0 Å². The van der Waals surface area contributed by atoms with Crippen LogP contribution in [-0.4, -0.2) is 20.8 Å². The molecule has 0 bridgehead atoms. The molecule has 0 fully saturated rings. The number of carbonyl (C=O) groups excluding carboxylic acids is 1. The molecule has 0 N–H and O–H groups in total. The standard InChI is InChI=1S/C14H11N3O/c1-10(18)11-6-8-12(9-7-11)17-14-5-3-2-4-13(14)15-16-17/h2-9H,1H3. The third kappa shape index (κ3) is 1.68. The number of rotatable bonds is 2. The van der Waals surface area contributed by atoms with Crippen molar-refractivity contribution in [2.45, 2.75) is 6.92 Å². The van der Waals surface area contributed by atoms with E-state index in [0.717, 1.165) is 16.7 Å². The van der Waals surface area contributed by atoms with Crippen LogP contribution in [0.1, 0.15) is 17.3 Å². The summed E-state index contributed by atoms with van der Waals surface area (Å²) in [6.45, 7) is 1.56. The minimum Gasteiger partial charge on any atom is -0.295 e. The largest absolute Gasteiger partial charge is 0.295 e. The van der Waals surface area contributed by atoms with Crippen LogP contribution in [0.25, 0.3) is 16.7 Å². The summed E-state index contributed by atoms with van der Waals surface area (Å²) in [5.74, 6) is 0.0602. The fraction of sp³-hybridized carbons (Fsp3) is 0.0714. The van der Waals surface area contributed by atoms with E-state index >= 15 is 0 Å². The van der Waals surface area contributed by atoms with Crippen LogP contribution in [-0.2, 0) is 0 Å². The van der Waals surface area contributed by atoms with Crippen molar-refractivity contribution < 1.29 is 4.79 Å². The van der Waals surface area contributed by atoms with Crippen molar-refractivity contribution in [3.63, 3.8) is 0 Å². The quantitative estimate of drug-likeness (QED) is 0.644. The lowest BCUT2D eigenvalue weighted by molar-refractivity contribution is 0.101. The third-order valence-corrected chi connectivity index (χ3v) is 2.87. The second-order valence-corrected chi connectivity index (χ2v) is 4.09. The number of Topliss-reactive ketones (excluding diaryl/α,β-unsaturated/α-hetero) is 1. The van der Waals surface area contributed by atoms with Crippen molar-refractivity contribution in [3.05, 3.63) is 54.1 Å². The first-order valence-corrected chi connectivity index (χ1v) is 5.67. The maximum Gasteiger partial charge on any atom is 0.159 e. The van der Waals surface area contributed by atoms with E-state index in [-0.39, 0.29) is 5.78 Å². The molecule has 4 nitrogen and oxygen atoms in total. The Morgan fingerprint density at radius 2 is 1.78 bits per heavy atom. The summed E-state index contributed by atoms with van der Waals surface area (Å²) in [6, 6.07) is 15.1. The van der Waals surface area contributed by atoms with Gasteiger partial charge in [0, 0.05) is 5.56 Å². The lowest BCUT2D eigenvalue weighted by Crippen LogP contribution is -1.98. The molecule has 1 aromatic heterocycles. The van der Waals surface area contributed by atoms with Gasteiger partial charge in [-0.25, -0.2) is 4.68 Å². The first-order chi connectivity index (χ1) is 8.75. The summed E-state index contributed by atoms with van der Waals surface area (Å²) in [5, 5.41) is 8.22. The number of carbonyl (C=O) groups is 1. The average molecular weight is 237 g/mol. The zero-order valence-corrected chi connectivity index (χ0v) is 9.87. The molecule has 0 saturated carbocycles. The summed E-state index contributed by atoms with van der Waals surface area (Å²) >= 11 is 0. The second kappa shape index (κ2) is 4.07. The maximum atomic E-state index is 11.2. The monoisotopic (exact) mass is 237 g/mol. The molecule has 0 amide bonds. The highest BCUT2D eigenvalue weighted by atomic mass is 16.1. The van der Waals surface area contributed by atoms with Gasteiger partial charge in [-0.15, -0.1) is 5.10 Å².